The fourth-order valence-corrected chi connectivity index (χ4v) is 2.76. The van der Waals surface area contributed by atoms with Crippen molar-refractivity contribution in [1.82, 2.24) is 0 Å². The summed E-state index contributed by atoms with van der Waals surface area (Å²) in [5.41, 5.74) is 0.581. The highest BCUT2D eigenvalue weighted by molar-refractivity contribution is 9.10. The van der Waals surface area contributed by atoms with Gasteiger partial charge >= 0.3 is 0 Å². The van der Waals surface area contributed by atoms with Gasteiger partial charge in [0.15, 0.2) is 0 Å². The van der Waals surface area contributed by atoms with Crippen molar-refractivity contribution in [2.45, 2.75) is 0 Å². The highest BCUT2D eigenvalue weighted by Gasteiger charge is 2.29. The molecule has 0 N–H and O–H groups in total. The standard InChI is InChI=1S/C9H5BrClNO2S/c10-7-3-1-6(2-4-7)8-5-12-9(11)15(8,13)14/h1-5H. The van der Waals surface area contributed by atoms with Crippen LogP contribution in [0.25, 0.3) is 4.91 Å². The van der Waals surface area contributed by atoms with Crippen LogP contribution in [-0.2, 0) is 9.84 Å². The fraction of sp³-hybridized carbons (Fsp3) is 0. The first-order valence-corrected chi connectivity index (χ1v) is 6.62. The lowest BCUT2D eigenvalue weighted by atomic mass is 10.2. The van der Waals surface area contributed by atoms with E-state index in [-0.39, 0.29) is 9.41 Å². The van der Waals surface area contributed by atoms with Crippen LogP contribution in [0.5, 0.6) is 0 Å². The maximum Gasteiger partial charge on any atom is 0.237 e. The van der Waals surface area contributed by atoms with Crippen molar-refractivity contribution in [3.8, 4) is 0 Å². The van der Waals surface area contributed by atoms with Crippen LogP contribution in [0.1, 0.15) is 5.56 Å². The lowest BCUT2D eigenvalue weighted by Crippen LogP contribution is -2.06. The van der Waals surface area contributed by atoms with Gasteiger partial charge in [0.05, 0.1) is 4.91 Å². The first-order chi connectivity index (χ1) is 7.01. The lowest BCUT2D eigenvalue weighted by Gasteiger charge is -2.01. The number of sulfone groups is 1. The number of halogens is 2. The van der Waals surface area contributed by atoms with Crippen LogP contribution in [0.3, 0.4) is 0 Å². The second kappa shape index (κ2) is 3.73. The molecule has 2 rings (SSSR count). The lowest BCUT2D eigenvalue weighted by molar-refractivity contribution is 0.617. The molecular formula is C9H5BrClNO2S. The van der Waals surface area contributed by atoms with Crippen LogP contribution in [0.2, 0.25) is 0 Å². The predicted octanol–water partition coefficient (Wildman–Crippen LogP) is 2.77. The quantitative estimate of drug-likeness (QED) is 0.801. The van der Waals surface area contributed by atoms with E-state index in [0.29, 0.717) is 5.56 Å². The number of nitrogens with zero attached hydrogens (tertiary/aromatic N) is 1. The van der Waals surface area contributed by atoms with Crippen molar-refractivity contribution in [3.05, 3.63) is 40.5 Å². The van der Waals surface area contributed by atoms with Gasteiger partial charge in [-0.15, -0.1) is 0 Å². The Hall–Kier alpha value is -0.650. The normalized spacial score (nSPS) is 18.5. The molecule has 0 amide bonds. The summed E-state index contributed by atoms with van der Waals surface area (Å²) in [5.74, 6) is 0. The van der Waals surface area contributed by atoms with E-state index in [1.807, 2.05) is 0 Å². The minimum Gasteiger partial charge on any atom is -0.232 e. The molecule has 1 aromatic rings. The van der Waals surface area contributed by atoms with Gasteiger partial charge in [-0.3, -0.25) is 0 Å². The molecule has 0 bridgehead atoms. The summed E-state index contributed by atoms with van der Waals surface area (Å²) in [4.78, 5) is 3.73. The van der Waals surface area contributed by atoms with Gasteiger partial charge in [-0.25, -0.2) is 13.4 Å². The maximum absolute atomic E-state index is 11.6. The Morgan fingerprint density at radius 2 is 1.80 bits per heavy atom. The van der Waals surface area contributed by atoms with Gasteiger partial charge < -0.3 is 0 Å². The highest BCUT2D eigenvalue weighted by Crippen LogP contribution is 2.29. The van der Waals surface area contributed by atoms with Gasteiger partial charge in [0.2, 0.25) is 14.3 Å². The van der Waals surface area contributed by atoms with Gasteiger partial charge in [-0.2, -0.15) is 0 Å². The summed E-state index contributed by atoms with van der Waals surface area (Å²) in [6, 6.07) is 6.91. The largest absolute Gasteiger partial charge is 0.237 e. The van der Waals surface area contributed by atoms with E-state index in [0.717, 1.165) is 4.47 Å². The molecule has 0 saturated heterocycles. The zero-order chi connectivity index (χ0) is 11.1. The Morgan fingerprint density at radius 3 is 2.27 bits per heavy atom. The van der Waals surface area contributed by atoms with Crippen LogP contribution in [0.15, 0.2) is 39.9 Å². The summed E-state index contributed by atoms with van der Waals surface area (Å²) in [6.07, 6.45) is 1.26. The van der Waals surface area contributed by atoms with Gasteiger partial charge in [-0.1, -0.05) is 28.1 Å². The Kier molecular flexibility index (Phi) is 2.70. The minimum absolute atomic E-state index is 0.139. The van der Waals surface area contributed by atoms with E-state index in [2.05, 4.69) is 20.9 Å². The van der Waals surface area contributed by atoms with Crippen LogP contribution in [0, 0.1) is 0 Å². The van der Waals surface area contributed by atoms with Crippen molar-refractivity contribution in [2.24, 2.45) is 4.99 Å². The molecule has 0 atom stereocenters. The van der Waals surface area contributed by atoms with Crippen molar-refractivity contribution < 1.29 is 8.42 Å². The van der Waals surface area contributed by atoms with Crippen molar-refractivity contribution in [3.63, 3.8) is 0 Å². The van der Waals surface area contributed by atoms with Gasteiger partial charge in [0.25, 0.3) is 0 Å². The van der Waals surface area contributed by atoms with Crippen LogP contribution >= 0.6 is 27.5 Å². The average molecular weight is 307 g/mol. The molecule has 15 heavy (non-hydrogen) atoms. The predicted molar refractivity (Wildman–Crippen MR) is 64.3 cm³/mol. The first-order valence-electron chi connectivity index (χ1n) is 3.96. The van der Waals surface area contributed by atoms with Crippen LogP contribution < -0.4 is 0 Å². The topological polar surface area (TPSA) is 46.5 Å². The molecule has 1 heterocycles. The Morgan fingerprint density at radius 1 is 1.20 bits per heavy atom. The van der Waals surface area contributed by atoms with Crippen LogP contribution in [-0.4, -0.2) is 12.9 Å². The Labute approximate surface area is 101 Å². The van der Waals surface area contributed by atoms with E-state index in [4.69, 9.17) is 11.6 Å². The number of hydrogen-bond donors (Lipinski definition) is 0. The molecular weight excluding hydrogens is 302 g/mol. The molecule has 1 aromatic carbocycles. The van der Waals surface area contributed by atoms with Crippen molar-refractivity contribution in [2.75, 3.05) is 0 Å². The molecule has 0 fully saturated rings. The summed E-state index contributed by atoms with van der Waals surface area (Å²) in [6.45, 7) is 0. The van der Waals surface area contributed by atoms with E-state index < -0.39 is 9.84 Å². The monoisotopic (exact) mass is 305 g/mol. The molecule has 0 aromatic heterocycles. The molecule has 0 spiro atoms. The zero-order valence-corrected chi connectivity index (χ0v) is 10.5. The number of aliphatic imine (C=N–C) groups is 1. The van der Waals surface area contributed by atoms with Gasteiger partial charge in [0.1, 0.15) is 0 Å². The number of benzene rings is 1. The molecule has 0 radical (unpaired) electrons. The fourth-order valence-electron chi connectivity index (χ4n) is 1.18. The average Bonchev–Trinajstić information content (AvgIpc) is 2.44. The third-order valence-electron chi connectivity index (χ3n) is 1.92. The molecule has 0 saturated carbocycles. The van der Waals surface area contributed by atoms with E-state index in [1.54, 1.807) is 24.3 Å². The van der Waals surface area contributed by atoms with Gasteiger partial charge in [0, 0.05) is 10.7 Å². The summed E-state index contributed by atoms with van der Waals surface area (Å²) in [5, 5.41) is 0. The highest BCUT2D eigenvalue weighted by atomic mass is 79.9. The number of hydrogen-bond acceptors (Lipinski definition) is 3. The first kappa shape index (κ1) is 10.9. The molecule has 1 aliphatic heterocycles. The van der Waals surface area contributed by atoms with E-state index >= 15 is 0 Å². The molecule has 1 aliphatic rings. The summed E-state index contributed by atoms with van der Waals surface area (Å²) < 4.78 is 23.8. The van der Waals surface area contributed by atoms with Crippen molar-refractivity contribution >= 4 is 46.8 Å². The Bertz CT molecular complexity index is 560. The summed E-state index contributed by atoms with van der Waals surface area (Å²) in [7, 11) is -3.57. The van der Waals surface area contributed by atoms with Crippen molar-refractivity contribution in [1.29, 1.82) is 0 Å². The third-order valence-corrected chi connectivity index (χ3v) is 4.63. The van der Waals surface area contributed by atoms with Crippen LogP contribution in [0.4, 0.5) is 0 Å². The number of rotatable bonds is 1. The third kappa shape index (κ3) is 1.87. The van der Waals surface area contributed by atoms with E-state index in [1.165, 1.54) is 6.20 Å². The molecule has 0 aliphatic carbocycles. The summed E-state index contributed by atoms with van der Waals surface area (Å²) >= 11 is 8.75. The Balaban J connectivity index is 2.49. The molecule has 78 valence electrons. The van der Waals surface area contributed by atoms with Gasteiger partial charge in [-0.05, 0) is 29.3 Å². The maximum atomic E-state index is 11.6. The zero-order valence-electron chi connectivity index (χ0n) is 7.31. The van der Waals surface area contributed by atoms with E-state index in [9.17, 15) is 8.42 Å². The second-order valence-electron chi connectivity index (χ2n) is 2.89. The minimum atomic E-state index is -3.57. The smallest absolute Gasteiger partial charge is 0.232 e. The SMILES string of the molecule is O=S1(=O)C(c2ccc(Br)cc2)=CN=C1Cl. The molecule has 0 unspecified atom stereocenters. The second-order valence-corrected chi connectivity index (χ2v) is 6.22. The molecule has 3 nitrogen and oxygen atoms in total. The molecule has 6 heteroatoms.